The first-order chi connectivity index (χ1) is 11.8. The van der Waals surface area contributed by atoms with E-state index < -0.39 is 0 Å². The summed E-state index contributed by atoms with van der Waals surface area (Å²) in [5.74, 6) is 3.32. The molecule has 0 aliphatic carbocycles. The van der Waals surface area contributed by atoms with Crippen LogP contribution in [0.5, 0.6) is 5.75 Å². The van der Waals surface area contributed by atoms with Crippen LogP contribution in [0.15, 0.2) is 24.3 Å². The van der Waals surface area contributed by atoms with Crippen molar-refractivity contribution in [2.75, 3.05) is 20.7 Å². The Morgan fingerprint density at radius 3 is 2.00 bits per heavy atom. The van der Waals surface area contributed by atoms with Crippen LogP contribution in [0, 0.1) is 12.3 Å². The van der Waals surface area contributed by atoms with Gasteiger partial charge in [-0.15, -0.1) is 6.42 Å². The number of hydrogen-bond acceptors (Lipinski definition) is 2. The van der Waals surface area contributed by atoms with Gasteiger partial charge >= 0.3 is 0 Å². The summed E-state index contributed by atoms with van der Waals surface area (Å²) in [7, 11) is 3.63. The van der Waals surface area contributed by atoms with Crippen LogP contribution < -0.4 is 10.1 Å². The molecule has 1 aromatic rings. The fourth-order valence-corrected chi connectivity index (χ4v) is 1.44. The SMILES string of the molecule is C#Cc1cccc(OC)c1.CC.CC.CC.CCCCCCNC. The topological polar surface area (TPSA) is 21.3 Å². The molecule has 1 N–H and O–H groups in total. The zero-order valence-corrected chi connectivity index (χ0v) is 17.8. The van der Waals surface area contributed by atoms with E-state index in [0.717, 1.165) is 11.3 Å². The molecular formula is C22H43NO. The average Bonchev–Trinajstić information content (AvgIpc) is 2.70. The Balaban J connectivity index is -0.000000129. The number of benzene rings is 1. The molecule has 142 valence electrons. The molecule has 0 aliphatic rings. The summed E-state index contributed by atoms with van der Waals surface area (Å²) in [6, 6.07) is 7.41. The Morgan fingerprint density at radius 2 is 1.58 bits per heavy atom. The van der Waals surface area contributed by atoms with Gasteiger partial charge in [0.1, 0.15) is 5.75 Å². The highest BCUT2D eigenvalue weighted by atomic mass is 16.5. The second-order valence-corrected chi connectivity index (χ2v) is 4.04. The van der Waals surface area contributed by atoms with E-state index in [1.54, 1.807) is 7.11 Å². The molecule has 0 amide bonds. The lowest BCUT2D eigenvalue weighted by molar-refractivity contribution is 0.414. The molecule has 0 spiro atoms. The third kappa shape index (κ3) is 25.5. The standard InChI is InChI=1S/C9H8O.C7H17N.3C2H6/c1-3-8-5-4-6-9(7-8)10-2;1-3-4-5-6-7-8-2;3*1-2/h1,4-7H,2H3;8H,3-7H2,1-2H3;3*1-2H3. The second-order valence-electron chi connectivity index (χ2n) is 4.04. The molecule has 1 rings (SSSR count). The largest absolute Gasteiger partial charge is 0.497 e. The maximum atomic E-state index is 5.17. The van der Waals surface area contributed by atoms with Crippen molar-refractivity contribution in [1.82, 2.24) is 5.32 Å². The quantitative estimate of drug-likeness (QED) is 0.470. The highest BCUT2D eigenvalue weighted by Gasteiger charge is 1.89. The molecule has 24 heavy (non-hydrogen) atoms. The van der Waals surface area contributed by atoms with Gasteiger partial charge in [-0.25, -0.2) is 0 Å². The van der Waals surface area contributed by atoms with Crippen LogP contribution in [-0.4, -0.2) is 20.7 Å². The second kappa shape index (κ2) is 33.2. The number of unbranched alkanes of at least 4 members (excludes halogenated alkanes) is 3. The fourth-order valence-electron chi connectivity index (χ4n) is 1.44. The third-order valence-electron chi connectivity index (χ3n) is 2.52. The van der Waals surface area contributed by atoms with Crippen LogP contribution >= 0.6 is 0 Å². The van der Waals surface area contributed by atoms with Gasteiger partial charge in [-0.05, 0) is 38.2 Å². The van der Waals surface area contributed by atoms with Gasteiger partial charge in [-0.1, -0.05) is 79.7 Å². The molecule has 0 aliphatic heterocycles. The minimum Gasteiger partial charge on any atom is -0.497 e. The van der Waals surface area contributed by atoms with Crippen LogP contribution in [0.4, 0.5) is 0 Å². The first-order valence-corrected chi connectivity index (χ1v) is 9.53. The predicted molar refractivity (Wildman–Crippen MR) is 113 cm³/mol. The van der Waals surface area contributed by atoms with E-state index in [1.807, 2.05) is 72.9 Å². The van der Waals surface area contributed by atoms with Crippen LogP contribution in [0.25, 0.3) is 0 Å². The summed E-state index contributed by atoms with van der Waals surface area (Å²) in [5, 5.41) is 3.13. The Kier molecular flexibility index (Phi) is 42.1. The molecule has 0 radical (unpaired) electrons. The molecule has 1 aromatic carbocycles. The molecule has 2 heteroatoms. The molecule has 0 heterocycles. The molecule has 2 nitrogen and oxygen atoms in total. The lowest BCUT2D eigenvalue weighted by Gasteiger charge is -1.97. The van der Waals surface area contributed by atoms with Crippen LogP contribution in [0.3, 0.4) is 0 Å². The number of hydrogen-bond donors (Lipinski definition) is 1. The maximum absolute atomic E-state index is 5.17. The zero-order valence-electron chi connectivity index (χ0n) is 17.8. The van der Waals surface area contributed by atoms with Crippen molar-refractivity contribution in [3.63, 3.8) is 0 Å². The van der Waals surface area contributed by atoms with Gasteiger partial charge in [0.25, 0.3) is 0 Å². The molecule has 0 saturated carbocycles. The number of terminal acetylenes is 1. The molecule has 0 saturated heterocycles. The van der Waals surface area contributed by atoms with E-state index in [4.69, 9.17) is 11.2 Å². The van der Waals surface area contributed by atoms with Gasteiger partial charge in [0.2, 0.25) is 0 Å². The predicted octanol–water partition coefficient (Wildman–Crippen LogP) is 6.54. The third-order valence-corrected chi connectivity index (χ3v) is 2.52. The van der Waals surface area contributed by atoms with Gasteiger partial charge in [-0.3, -0.25) is 0 Å². The number of ether oxygens (including phenoxy) is 1. The van der Waals surface area contributed by atoms with E-state index in [1.165, 1.54) is 32.2 Å². The Bertz CT molecular complexity index is 336. The lowest BCUT2D eigenvalue weighted by atomic mass is 10.2. The number of methoxy groups -OCH3 is 1. The van der Waals surface area contributed by atoms with Crippen molar-refractivity contribution in [2.45, 2.75) is 74.1 Å². The highest BCUT2D eigenvalue weighted by Crippen LogP contribution is 2.10. The van der Waals surface area contributed by atoms with Gasteiger partial charge in [0.05, 0.1) is 7.11 Å². The van der Waals surface area contributed by atoms with Crippen molar-refractivity contribution in [3.05, 3.63) is 29.8 Å². The van der Waals surface area contributed by atoms with E-state index in [-0.39, 0.29) is 0 Å². The molecule has 0 fully saturated rings. The van der Waals surface area contributed by atoms with E-state index in [9.17, 15) is 0 Å². The molecule has 0 unspecified atom stereocenters. The summed E-state index contributed by atoms with van der Waals surface area (Å²) in [4.78, 5) is 0. The Labute approximate surface area is 153 Å². The summed E-state index contributed by atoms with van der Waals surface area (Å²) >= 11 is 0. The van der Waals surface area contributed by atoms with E-state index in [2.05, 4.69) is 18.2 Å². The molecule has 0 bridgehead atoms. The normalized spacial score (nSPS) is 7.50. The average molecular weight is 338 g/mol. The fraction of sp³-hybridized carbons (Fsp3) is 0.636. The Morgan fingerprint density at radius 1 is 1.00 bits per heavy atom. The smallest absolute Gasteiger partial charge is 0.120 e. The molecule has 0 atom stereocenters. The van der Waals surface area contributed by atoms with Crippen LogP contribution in [-0.2, 0) is 0 Å². The summed E-state index contributed by atoms with van der Waals surface area (Å²) < 4.78 is 4.96. The summed E-state index contributed by atoms with van der Waals surface area (Å²) in [6.45, 7) is 15.4. The van der Waals surface area contributed by atoms with Crippen molar-refractivity contribution >= 4 is 0 Å². The van der Waals surface area contributed by atoms with E-state index >= 15 is 0 Å². The zero-order chi connectivity index (χ0) is 19.6. The monoisotopic (exact) mass is 337 g/mol. The van der Waals surface area contributed by atoms with Crippen molar-refractivity contribution in [3.8, 4) is 18.1 Å². The summed E-state index contributed by atoms with van der Waals surface area (Å²) in [6.07, 6.45) is 10.6. The molecule has 0 aromatic heterocycles. The summed E-state index contributed by atoms with van der Waals surface area (Å²) in [5.41, 5.74) is 0.847. The van der Waals surface area contributed by atoms with Gasteiger partial charge in [0, 0.05) is 5.56 Å². The Hall–Kier alpha value is -1.46. The van der Waals surface area contributed by atoms with Crippen molar-refractivity contribution in [2.24, 2.45) is 0 Å². The lowest BCUT2D eigenvalue weighted by Crippen LogP contribution is -2.06. The first kappa shape index (κ1) is 30.4. The minimum atomic E-state index is 0.801. The highest BCUT2D eigenvalue weighted by molar-refractivity contribution is 5.38. The van der Waals surface area contributed by atoms with Gasteiger partial charge in [-0.2, -0.15) is 0 Å². The van der Waals surface area contributed by atoms with Crippen LogP contribution in [0.2, 0.25) is 0 Å². The maximum Gasteiger partial charge on any atom is 0.120 e. The van der Waals surface area contributed by atoms with Gasteiger partial charge < -0.3 is 10.1 Å². The number of nitrogens with one attached hydrogen (secondary N) is 1. The van der Waals surface area contributed by atoms with E-state index in [0.29, 0.717) is 0 Å². The molecular weight excluding hydrogens is 294 g/mol. The first-order valence-electron chi connectivity index (χ1n) is 9.53. The van der Waals surface area contributed by atoms with Crippen molar-refractivity contribution in [1.29, 1.82) is 0 Å². The van der Waals surface area contributed by atoms with Crippen LogP contribution in [0.1, 0.15) is 79.7 Å². The minimum absolute atomic E-state index is 0.801. The number of rotatable bonds is 6. The van der Waals surface area contributed by atoms with Crippen molar-refractivity contribution < 1.29 is 4.74 Å². The van der Waals surface area contributed by atoms with Gasteiger partial charge in [0.15, 0.2) is 0 Å².